The smallest absolute Gasteiger partial charge is 0.269 e. The van der Waals surface area contributed by atoms with Crippen LogP contribution in [0.3, 0.4) is 0 Å². The number of carbonyl (C=O) groups is 1. The van der Waals surface area contributed by atoms with Gasteiger partial charge < -0.3 is 10.1 Å². The number of benzene rings is 2. The van der Waals surface area contributed by atoms with Crippen molar-refractivity contribution in [3.05, 3.63) is 64.2 Å². The highest BCUT2D eigenvalue weighted by Crippen LogP contribution is 2.30. The summed E-state index contributed by atoms with van der Waals surface area (Å²) in [5.74, 6) is 0.0114. The van der Waals surface area contributed by atoms with Crippen LogP contribution >= 0.6 is 0 Å². The number of nitro benzene ring substituents is 1. The standard InChI is InChI=1S/C18H20N2O4/c1-12(2)17(13-8-10-14(11-9-13)20(22)23)18(21)19-15-6-4-5-7-16(15)24-3/h4-12,17H,1-3H3,(H,19,21). The molecule has 0 radical (unpaired) electrons. The maximum Gasteiger partial charge on any atom is 0.269 e. The number of ether oxygens (including phenoxy) is 1. The van der Waals surface area contributed by atoms with E-state index in [0.29, 0.717) is 11.4 Å². The Hall–Kier alpha value is -2.89. The molecule has 0 aliphatic carbocycles. The number of nitro groups is 1. The highest BCUT2D eigenvalue weighted by atomic mass is 16.6. The van der Waals surface area contributed by atoms with Gasteiger partial charge in [-0.2, -0.15) is 0 Å². The van der Waals surface area contributed by atoms with Gasteiger partial charge >= 0.3 is 0 Å². The van der Waals surface area contributed by atoms with Gasteiger partial charge in [-0.3, -0.25) is 14.9 Å². The predicted molar refractivity (Wildman–Crippen MR) is 92.3 cm³/mol. The second kappa shape index (κ2) is 7.59. The summed E-state index contributed by atoms with van der Waals surface area (Å²) < 4.78 is 5.24. The number of hydrogen-bond acceptors (Lipinski definition) is 4. The van der Waals surface area contributed by atoms with Crippen LogP contribution in [0.2, 0.25) is 0 Å². The fraction of sp³-hybridized carbons (Fsp3) is 0.278. The zero-order valence-corrected chi connectivity index (χ0v) is 13.9. The molecule has 1 N–H and O–H groups in total. The molecular weight excluding hydrogens is 308 g/mol. The van der Waals surface area contributed by atoms with Crippen molar-refractivity contribution in [1.29, 1.82) is 0 Å². The van der Waals surface area contributed by atoms with Gasteiger partial charge in [-0.05, 0) is 23.6 Å². The van der Waals surface area contributed by atoms with E-state index in [2.05, 4.69) is 5.32 Å². The van der Waals surface area contributed by atoms with Crippen LogP contribution < -0.4 is 10.1 Å². The van der Waals surface area contributed by atoms with Crippen LogP contribution in [0.5, 0.6) is 5.75 Å². The highest BCUT2D eigenvalue weighted by Gasteiger charge is 2.25. The van der Waals surface area contributed by atoms with Crippen molar-refractivity contribution in [1.82, 2.24) is 0 Å². The molecule has 0 spiro atoms. The summed E-state index contributed by atoms with van der Waals surface area (Å²) in [6, 6.07) is 13.3. The molecule has 0 aliphatic heterocycles. The lowest BCUT2D eigenvalue weighted by Gasteiger charge is -2.21. The van der Waals surface area contributed by atoms with E-state index in [4.69, 9.17) is 4.74 Å². The molecule has 1 atom stereocenters. The molecule has 1 amide bonds. The fourth-order valence-corrected chi connectivity index (χ4v) is 2.60. The number of nitrogens with one attached hydrogen (secondary N) is 1. The van der Waals surface area contributed by atoms with E-state index < -0.39 is 10.8 Å². The minimum atomic E-state index is -0.455. The van der Waals surface area contributed by atoms with Crippen LogP contribution in [-0.2, 0) is 4.79 Å². The Morgan fingerprint density at radius 2 is 1.75 bits per heavy atom. The van der Waals surface area contributed by atoms with Crippen molar-refractivity contribution >= 4 is 17.3 Å². The van der Waals surface area contributed by atoms with Crippen molar-refractivity contribution in [2.75, 3.05) is 12.4 Å². The van der Waals surface area contributed by atoms with Gasteiger partial charge in [0.2, 0.25) is 5.91 Å². The van der Waals surface area contributed by atoms with E-state index in [1.165, 1.54) is 12.1 Å². The average Bonchev–Trinajstić information content (AvgIpc) is 2.55. The molecule has 6 nitrogen and oxygen atoms in total. The zero-order valence-electron chi connectivity index (χ0n) is 13.9. The minimum absolute atomic E-state index is 0.00592. The van der Waals surface area contributed by atoms with Gasteiger partial charge in [0.25, 0.3) is 5.69 Å². The summed E-state index contributed by atoms with van der Waals surface area (Å²) >= 11 is 0. The van der Waals surface area contributed by atoms with E-state index in [9.17, 15) is 14.9 Å². The van der Waals surface area contributed by atoms with Crippen LogP contribution in [-0.4, -0.2) is 17.9 Å². The van der Waals surface area contributed by atoms with Crippen LogP contribution in [0, 0.1) is 16.0 Å². The summed E-state index contributed by atoms with van der Waals surface area (Å²) in [6.07, 6.45) is 0. The molecule has 6 heteroatoms. The first-order chi connectivity index (χ1) is 11.4. The Bertz CT molecular complexity index is 726. The quantitative estimate of drug-likeness (QED) is 0.642. The number of para-hydroxylation sites is 2. The number of nitrogens with zero attached hydrogens (tertiary/aromatic N) is 1. The lowest BCUT2D eigenvalue weighted by atomic mass is 9.87. The molecule has 0 fully saturated rings. The summed E-state index contributed by atoms with van der Waals surface area (Å²) in [4.78, 5) is 23.1. The number of methoxy groups -OCH3 is 1. The Morgan fingerprint density at radius 1 is 1.12 bits per heavy atom. The Balaban J connectivity index is 2.26. The highest BCUT2D eigenvalue weighted by molar-refractivity contribution is 5.97. The molecule has 2 aromatic rings. The van der Waals surface area contributed by atoms with Crippen LogP contribution in [0.25, 0.3) is 0 Å². The second-order valence-electron chi connectivity index (χ2n) is 5.76. The van der Waals surface area contributed by atoms with Crippen LogP contribution in [0.15, 0.2) is 48.5 Å². The van der Waals surface area contributed by atoms with Crippen molar-refractivity contribution in [2.45, 2.75) is 19.8 Å². The van der Waals surface area contributed by atoms with Gasteiger partial charge in [-0.15, -0.1) is 0 Å². The number of rotatable bonds is 6. The number of hydrogen-bond donors (Lipinski definition) is 1. The first-order valence-corrected chi connectivity index (χ1v) is 7.62. The normalized spacial score (nSPS) is 11.8. The summed E-state index contributed by atoms with van der Waals surface area (Å²) in [5, 5.41) is 13.7. The third kappa shape index (κ3) is 3.90. The van der Waals surface area contributed by atoms with E-state index in [-0.39, 0.29) is 17.5 Å². The lowest BCUT2D eigenvalue weighted by molar-refractivity contribution is -0.384. The summed E-state index contributed by atoms with van der Waals surface area (Å²) in [7, 11) is 1.54. The number of non-ortho nitro benzene ring substituents is 1. The second-order valence-corrected chi connectivity index (χ2v) is 5.76. The van der Waals surface area contributed by atoms with Gasteiger partial charge in [0.15, 0.2) is 0 Å². The topological polar surface area (TPSA) is 81.5 Å². The minimum Gasteiger partial charge on any atom is -0.495 e. The molecular formula is C18H20N2O4. The molecule has 2 aromatic carbocycles. The zero-order chi connectivity index (χ0) is 17.7. The Kier molecular flexibility index (Phi) is 5.52. The van der Waals surface area contributed by atoms with Crippen molar-refractivity contribution in [3.8, 4) is 5.75 Å². The molecule has 0 aromatic heterocycles. The maximum absolute atomic E-state index is 12.7. The van der Waals surface area contributed by atoms with Crippen LogP contribution in [0.4, 0.5) is 11.4 Å². The fourth-order valence-electron chi connectivity index (χ4n) is 2.60. The monoisotopic (exact) mass is 328 g/mol. The Morgan fingerprint density at radius 3 is 2.29 bits per heavy atom. The van der Waals surface area contributed by atoms with E-state index >= 15 is 0 Å². The number of carbonyl (C=O) groups excluding carboxylic acids is 1. The Labute approximate surface area is 140 Å². The molecule has 0 saturated carbocycles. The third-order valence-corrected chi connectivity index (χ3v) is 3.78. The van der Waals surface area contributed by atoms with E-state index in [1.807, 2.05) is 26.0 Å². The number of anilines is 1. The molecule has 126 valence electrons. The molecule has 1 unspecified atom stereocenters. The average molecular weight is 328 g/mol. The van der Waals surface area contributed by atoms with E-state index in [0.717, 1.165) is 5.56 Å². The van der Waals surface area contributed by atoms with Gasteiger partial charge in [-0.1, -0.05) is 38.1 Å². The molecule has 24 heavy (non-hydrogen) atoms. The first-order valence-electron chi connectivity index (χ1n) is 7.62. The first kappa shape index (κ1) is 17.5. The van der Waals surface area contributed by atoms with Gasteiger partial charge in [0.1, 0.15) is 5.75 Å². The maximum atomic E-state index is 12.7. The molecule has 0 bridgehead atoms. The van der Waals surface area contributed by atoms with Gasteiger partial charge in [0.05, 0.1) is 23.6 Å². The molecule has 0 saturated heterocycles. The summed E-state index contributed by atoms with van der Waals surface area (Å²) in [6.45, 7) is 3.88. The van der Waals surface area contributed by atoms with Crippen molar-refractivity contribution in [3.63, 3.8) is 0 Å². The van der Waals surface area contributed by atoms with Gasteiger partial charge in [-0.25, -0.2) is 0 Å². The lowest BCUT2D eigenvalue weighted by Crippen LogP contribution is -2.25. The summed E-state index contributed by atoms with van der Waals surface area (Å²) in [5.41, 5.74) is 1.34. The SMILES string of the molecule is COc1ccccc1NC(=O)C(c1ccc([N+](=O)[O-])cc1)C(C)C. The molecule has 0 heterocycles. The van der Waals surface area contributed by atoms with Gasteiger partial charge in [0, 0.05) is 12.1 Å². The molecule has 0 aliphatic rings. The largest absolute Gasteiger partial charge is 0.495 e. The predicted octanol–water partition coefficient (Wildman–Crippen LogP) is 3.98. The number of amides is 1. The van der Waals surface area contributed by atoms with Crippen molar-refractivity contribution in [2.24, 2.45) is 5.92 Å². The van der Waals surface area contributed by atoms with E-state index in [1.54, 1.807) is 31.4 Å². The molecule has 2 rings (SSSR count). The third-order valence-electron chi connectivity index (χ3n) is 3.78. The van der Waals surface area contributed by atoms with Crippen molar-refractivity contribution < 1.29 is 14.5 Å². The van der Waals surface area contributed by atoms with Crippen LogP contribution in [0.1, 0.15) is 25.3 Å².